The molecule has 0 saturated heterocycles. The Bertz CT molecular complexity index is 429. The molecule has 0 amide bonds. The van der Waals surface area contributed by atoms with E-state index < -0.39 is 11.7 Å². The van der Waals surface area contributed by atoms with Crippen molar-refractivity contribution in [1.29, 1.82) is 0 Å². The zero-order valence-electron chi connectivity index (χ0n) is 10.4. The highest BCUT2D eigenvalue weighted by atomic mass is 19.4. The van der Waals surface area contributed by atoms with Gasteiger partial charge in [0.05, 0.1) is 5.56 Å². The molecule has 1 aromatic rings. The Kier molecular flexibility index (Phi) is 3.52. The van der Waals surface area contributed by atoms with E-state index in [1.54, 1.807) is 0 Å². The van der Waals surface area contributed by atoms with Crippen LogP contribution in [-0.2, 0) is 12.7 Å². The number of alkyl halides is 3. The fourth-order valence-corrected chi connectivity index (χ4v) is 2.03. The van der Waals surface area contributed by atoms with Crippen LogP contribution in [0.15, 0.2) is 18.2 Å². The number of rotatable bonds is 1. The Morgan fingerprint density at radius 1 is 1.28 bits per heavy atom. The molecule has 0 atom stereocenters. The minimum atomic E-state index is -4.30. The number of nitrogens with zero attached hydrogens (tertiary/aromatic N) is 1. The molecule has 0 radical (unpaired) electrons. The molecule has 0 fully saturated rings. The van der Waals surface area contributed by atoms with Gasteiger partial charge in [0.15, 0.2) is 0 Å². The van der Waals surface area contributed by atoms with Crippen molar-refractivity contribution in [3.8, 4) is 5.75 Å². The van der Waals surface area contributed by atoms with Crippen molar-refractivity contribution in [3.63, 3.8) is 0 Å². The van der Waals surface area contributed by atoms with Gasteiger partial charge in [0.25, 0.3) is 0 Å². The summed E-state index contributed by atoms with van der Waals surface area (Å²) in [6.45, 7) is 5.79. The van der Waals surface area contributed by atoms with Crippen LogP contribution >= 0.6 is 0 Å². The van der Waals surface area contributed by atoms with Gasteiger partial charge in [0.1, 0.15) is 12.4 Å². The first-order chi connectivity index (χ1) is 8.38. The molecule has 0 aromatic heterocycles. The molecule has 0 aliphatic carbocycles. The third-order valence-electron chi connectivity index (χ3n) is 3.13. The second-order valence-electron chi connectivity index (χ2n) is 4.73. The third kappa shape index (κ3) is 2.77. The summed E-state index contributed by atoms with van der Waals surface area (Å²) in [5, 5.41) is 0. The van der Waals surface area contributed by atoms with Gasteiger partial charge in [-0.15, -0.1) is 0 Å². The van der Waals surface area contributed by atoms with E-state index in [2.05, 4.69) is 4.90 Å². The fourth-order valence-electron chi connectivity index (χ4n) is 2.03. The molecule has 2 nitrogen and oxygen atoms in total. The Labute approximate surface area is 104 Å². The summed E-state index contributed by atoms with van der Waals surface area (Å²) in [5.74, 6) is 0.561. The zero-order valence-corrected chi connectivity index (χ0v) is 10.4. The van der Waals surface area contributed by atoms with Gasteiger partial charge in [-0.05, 0) is 32.0 Å². The summed E-state index contributed by atoms with van der Waals surface area (Å²) in [7, 11) is 0. The zero-order chi connectivity index (χ0) is 13.3. The van der Waals surface area contributed by atoms with E-state index in [9.17, 15) is 13.2 Å². The molecular formula is C13H16F3NO. The third-order valence-corrected chi connectivity index (χ3v) is 3.13. The summed E-state index contributed by atoms with van der Waals surface area (Å²) >= 11 is 0. The monoisotopic (exact) mass is 259 g/mol. The number of benzene rings is 1. The van der Waals surface area contributed by atoms with Gasteiger partial charge in [-0.3, -0.25) is 4.90 Å². The lowest BCUT2D eigenvalue weighted by Crippen LogP contribution is -2.32. The first kappa shape index (κ1) is 13.2. The van der Waals surface area contributed by atoms with Crippen LogP contribution in [0.25, 0.3) is 0 Å². The van der Waals surface area contributed by atoms with E-state index in [-0.39, 0.29) is 6.04 Å². The van der Waals surface area contributed by atoms with E-state index in [0.717, 1.165) is 12.6 Å². The second kappa shape index (κ2) is 4.80. The van der Waals surface area contributed by atoms with Crippen LogP contribution in [0.4, 0.5) is 13.2 Å². The molecule has 1 aliphatic heterocycles. The number of hydrogen-bond acceptors (Lipinski definition) is 2. The van der Waals surface area contributed by atoms with Crippen LogP contribution < -0.4 is 4.74 Å². The molecule has 5 heteroatoms. The highest BCUT2D eigenvalue weighted by Gasteiger charge is 2.31. The highest BCUT2D eigenvalue weighted by molar-refractivity contribution is 5.38. The van der Waals surface area contributed by atoms with Crippen molar-refractivity contribution in [1.82, 2.24) is 4.90 Å². The minimum Gasteiger partial charge on any atom is -0.492 e. The topological polar surface area (TPSA) is 12.5 Å². The maximum Gasteiger partial charge on any atom is 0.416 e. The summed E-state index contributed by atoms with van der Waals surface area (Å²) in [6.07, 6.45) is -4.30. The van der Waals surface area contributed by atoms with E-state index in [1.165, 1.54) is 12.1 Å². The van der Waals surface area contributed by atoms with Crippen LogP contribution in [-0.4, -0.2) is 24.1 Å². The first-order valence-corrected chi connectivity index (χ1v) is 5.95. The van der Waals surface area contributed by atoms with Crippen LogP contribution in [0.5, 0.6) is 5.75 Å². The molecule has 18 heavy (non-hydrogen) atoms. The average molecular weight is 259 g/mol. The lowest BCUT2D eigenvalue weighted by Gasteiger charge is -2.23. The SMILES string of the molecule is CC(C)N1CCOc2ccc(C(F)(F)F)cc2C1. The molecule has 1 heterocycles. The maximum atomic E-state index is 12.7. The molecule has 1 aromatic carbocycles. The summed E-state index contributed by atoms with van der Waals surface area (Å²) in [4.78, 5) is 2.10. The van der Waals surface area contributed by atoms with Gasteiger partial charge in [-0.2, -0.15) is 13.2 Å². The van der Waals surface area contributed by atoms with E-state index >= 15 is 0 Å². The average Bonchev–Trinajstić information content (AvgIpc) is 2.48. The van der Waals surface area contributed by atoms with Gasteiger partial charge in [0, 0.05) is 24.7 Å². The number of halogens is 3. The normalized spacial score (nSPS) is 17.2. The molecule has 0 unspecified atom stereocenters. The fraction of sp³-hybridized carbons (Fsp3) is 0.538. The molecule has 0 bridgehead atoms. The number of hydrogen-bond donors (Lipinski definition) is 0. The van der Waals surface area contributed by atoms with Crippen molar-refractivity contribution in [2.45, 2.75) is 32.6 Å². The van der Waals surface area contributed by atoms with E-state index in [4.69, 9.17) is 4.74 Å². The van der Waals surface area contributed by atoms with Crippen LogP contribution in [0.1, 0.15) is 25.0 Å². The maximum absolute atomic E-state index is 12.7. The molecule has 0 N–H and O–H groups in total. The highest BCUT2D eigenvalue weighted by Crippen LogP contribution is 2.33. The Morgan fingerprint density at radius 2 is 2.00 bits per heavy atom. The summed E-state index contributed by atoms with van der Waals surface area (Å²) in [5.41, 5.74) is -0.00789. The molecular weight excluding hydrogens is 243 g/mol. The molecule has 1 aliphatic rings. The van der Waals surface area contributed by atoms with Crippen molar-refractivity contribution < 1.29 is 17.9 Å². The minimum absolute atomic E-state index is 0.286. The van der Waals surface area contributed by atoms with E-state index in [1.807, 2.05) is 13.8 Å². The predicted molar refractivity (Wildman–Crippen MR) is 62.5 cm³/mol. The Hall–Kier alpha value is -1.23. The van der Waals surface area contributed by atoms with Crippen LogP contribution in [0.3, 0.4) is 0 Å². The van der Waals surface area contributed by atoms with Crippen molar-refractivity contribution in [2.75, 3.05) is 13.2 Å². The van der Waals surface area contributed by atoms with Crippen LogP contribution in [0.2, 0.25) is 0 Å². The number of ether oxygens (including phenoxy) is 1. The van der Waals surface area contributed by atoms with Gasteiger partial charge in [-0.25, -0.2) is 0 Å². The summed E-state index contributed by atoms with van der Waals surface area (Å²) < 4.78 is 43.5. The lowest BCUT2D eigenvalue weighted by molar-refractivity contribution is -0.137. The van der Waals surface area contributed by atoms with Crippen molar-refractivity contribution in [3.05, 3.63) is 29.3 Å². The van der Waals surface area contributed by atoms with Crippen molar-refractivity contribution in [2.24, 2.45) is 0 Å². The first-order valence-electron chi connectivity index (χ1n) is 5.95. The van der Waals surface area contributed by atoms with Crippen LogP contribution in [0, 0.1) is 0 Å². The quantitative estimate of drug-likeness (QED) is 0.767. The van der Waals surface area contributed by atoms with E-state index in [0.29, 0.717) is 24.5 Å². The van der Waals surface area contributed by atoms with Gasteiger partial charge >= 0.3 is 6.18 Å². The van der Waals surface area contributed by atoms with Crippen molar-refractivity contribution >= 4 is 0 Å². The Morgan fingerprint density at radius 3 is 2.61 bits per heavy atom. The van der Waals surface area contributed by atoms with Gasteiger partial charge < -0.3 is 4.74 Å². The van der Waals surface area contributed by atoms with Gasteiger partial charge in [0.2, 0.25) is 0 Å². The number of fused-ring (bicyclic) bond motifs is 1. The van der Waals surface area contributed by atoms with Gasteiger partial charge in [-0.1, -0.05) is 0 Å². The predicted octanol–water partition coefficient (Wildman–Crippen LogP) is 3.31. The standard InChI is InChI=1S/C13H16F3NO/c1-9(2)17-5-6-18-12-4-3-11(13(14,15)16)7-10(12)8-17/h3-4,7,9H,5-6,8H2,1-2H3. The molecule has 0 saturated carbocycles. The Balaban J connectivity index is 2.33. The summed E-state index contributed by atoms with van der Waals surface area (Å²) in [6, 6.07) is 3.97. The molecule has 100 valence electrons. The molecule has 2 rings (SSSR count). The lowest BCUT2D eigenvalue weighted by atomic mass is 10.1. The smallest absolute Gasteiger partial charge is 0.416 e. The largest absolute Gasteiger partial charge is 0.492 e. The molecule has 0 spiro atoms. The second-order valence-corrected chi connectivity index (χ2v) is 4.73.